The summed E-state index contributed by atoms with van der Waals surface area (Å²) < 4.78 is 4.48. The summed E-state index contributed by atoms with van der Waals surface area (Å²) in [6, 6.07) is 12.8. The van der Waals surface area contributed by atoms with E-state index in [-0.39, 0.29) is 0 Å². The van der Waals surface area contributed by atoms with Crippen LogP contribution in [0.15, 0.2) is 48.8 Å². The van der Waals surface area contributed by atoms with E-state index in [1.54, 1.807) is 0 Å². The summed E-state index contributed by atoms with van der Waals surface area (Å²) in [5.41, 5.74) is 7.42. The van der Waals surface area contributed by atoms with Crippen molar-refractivity contribution in [3.63, 3.8) is 0 Å². The fraction of sp³-hybridized carbons (Fsp3) is 0.263. The van der Waals surface area contributed by atoms with Crippen LogP contribution < -0.4 is 8.61 Å². The number of hydrogen-bond acceptors (Lipinski definition) is 2. The molecule has 2 aromatic rings. The van der Waals surface area contributed by atoms with Crippen LogP contribution in [0, 0.1) is 27.7 Å². The molecule has 0 spiro atoms. The highest BCUT2D eigenvalue weighted by atomic mass is 35.7. The number of halogens is 1. The zero-order valence-electron chi connectivity index (χ0n) is 14.3. The van der Waals surface area contributed by atoms with Gasteiger partial charge in [-0.05, 0) is 70.2 Å². The van der Waals surface area contributed by atoms with Crippen molar-refractivity contribution in [2.45, 2.75) is 27.7 Å². The van der Waals surface area contributed by atoms with Gasteiger partial charge in [-0.1, -0.05) is 36.4 Å². The Morgan fingerprint density at radius 3 is 1.30 bits per heavy atom. The highest BCUT2D eigenvalue weighted by molar-refractivity contribution is 8.52. The molecule has 0 N–H and O–H groups in total. The summed E-state index contributed by atoms with van der Waals surface area (Å²) in [6.45, 7) is 8.57. The Kier molecular flexibility index (Phi) is 4.11. The van der Waals surface area contributed by atoms with Crippen molar-refractivity contribution in [3.05, 3.63) is 71.1 Å². The molecule has 0 radical (unpaired) electrons. The number of aryl methyl sites for hydroxylation is 4. The van der Waals surface area contributed by atoms with E-state index in [9.17, 15) is 0 Å². The van der Waals surface area contributed by atoms with Crippen LogP contribution in [0.4, 0.5) is 11.4 Å². The van der Waals surface area contributed by atoms with Crippen LogP contribution in [0.2, 0.25) is 0 Å². The van der Waals surface area contributed by atoms with Crippen LogP contribution in [0.3, 0.4) is 0 Å². The third-order valence-corrected chi connectivity index (χ3v) is 7.31. The Labute approximate surface area is 145 Å². The molecule has 1 aliphatic rings. The largest absolute Gasteiger partial charge is 0.280 e. The fourth-order valence-electron chi connectivity index (χ4n) is 3.23. The molecule has 0 saturated carbocycles. The maximum absolute atomic E-state index is 7.13. The molecule has 0 unspecified atom stereocenters. The molecular formula is C19H23ClN2S. The van der Waals surface area contributed by atoms with Crippen molar-refractivity contribution in [1.82, 2.24) is 0 Å². The fourth-order valence-corrected chi connectivity index (χ4v) is 5.90. The minimum atomic E-state index is -1.70. The van der Waals surface area contributed by atoms with Gasteiger partial charge in [-0.25, -0.2) is 0 Å². The maximum atomic E-state index is 7.13. The Hall–Kier alpha value is -1.58. The molecule has 3 rings (SSSR count). The Balaban J connectivity index is 2.09. The van der Waals surface area contributed by atoms with Crippen LogP contribution in [-0.2, 0) is 0 Å². The third-order valence-electron chi connectivity index (χ3n) is 4.38. The molecule has 0 fully saturated rings. The van der Waals surface area contributed by atoms with Gasteiger partial charge in [0.05, 0.1) is 11.4 Å². The minimum absolute atomic E-state index is 1.21. The van der Waals surface area contributed by atoms with Crippen LogP contribution >= 0.6 is 20.3 Å². The first-order valence-corrected chi connectivity index (χ1v) is 10.5. The molecule has 1 heterocycles. The molecule has 2 nitrogen and oxygen atoms in total. The quantitative estimate of drug-likeness (QED) is 0.644. The third kappa shape index (κ3) is 2.62. The summed E-state index contributed by atoms with van der Waals surface area (Å²) in [4.78, 5) is 0. The predicted molar refractivity (Wildman–Crippen MR) is 105 cm³/mol. The topological polar surface area (TPSA) is 6.48 Å². The Morgan fingerprint density at radius 1 is 0.696 bits per heavy atom. The van der Waals surface area contributed by atoms with E-state index in [2.05, 4.69) is 91.4 Å². The zero-order chi connectivity index (χ0) is 16.8. The molecule has 0 aromatic heterocycles. The molecule has 0 saturated heterocycles. The normalized spacial score (nSPS) is 17.7. The van der Waals surface area contributed by atoms with Gasteiger partial charge in [-0.2, -0.15) is 0 Å². The number of anilines is 2. The molecule has 0 bridgehead atoms. The maximum Gasteiger partial charge on any atom is 0.0587 e. The van der Waals surface area contributed by atoms with E-state index < -0.39 is 9.61 Å². The summed E-state index contributed by atoms with van der Waals surface area (Å²) in [6.07, 6.45) is 6.36. The second-order valence-corrected chi connectivity index (χ2v) is 10.2. The minimum Gasteiger partial charge on any atom is -0.280 e. The lowest BCUT2D eigenvalue weighted by molar-refractivity contribution is 1.30. The first-order valence-electron chi connectivity index (χ1n) is 7.71. The van der Waals surface area contributed by atoms with E-state index in [0.717, 1.165) is 0 Å². The molecule has 0 atom stereocenters. The number of hydrogen-bond donors (Lipinski definition) is 0. The van der Waals surface area contributed by atoms with E-state index in [1.165, 1.54) is 33.6 Å². The van der Waals surface area contributed by atoms with Gasteiger partial charge in [-0.3, -0.25) is 8.61 Å². The van der Waals surface area contributed by atoms with Crippen molar-refractivity contribution in [1.29, 1.82) is 0 Å². The van der Waals surface area contributed by atoms with E-state index in [4.69, 9.17) is 10.7 Å². The molecule has 2 aromatic carbocycles. The van der Waals surface area contributed by atoms with E-state index in [1.807, 2.05) is 0 Å². The van der Waals surface area contributed by atoms with Gasteiger partial charge in [0, 0.05) is 18.7 Å². The zero-order valence-corrected chi connectivity index (χ0v) is 15.9. The Bertz CT molecular complexity index is 679. The molecule has 122 valence electrons. The van der Waals surface area contributed by atoms with E-state index in [0.29, 0.717) is 0 Å². The smallest absolute Gasteiger partial charge is 0.0587 e. The molecule has 1 aliphatic heterocycles. The molecule has 4 heteroatoms. The van der Waals surface area contributed by atoms with Gasteiger partial charge >= 0.3 is 0 Å². The summed E-state index contributed by atoms with van der Waals surface area (Å²) in [5.74, 6) is 0. The van der Waals surface area contributed by atoms with Crippen LogP contribution in [0.5, 0.6) is 0 Å². The summed E-state index contributed by atoms with van der Waals surface area (Å²) >= 11 is 0. The van der Waals surface area contributed by atoms with Gasteiger partial charge in [0.25, 0.3) is 0 Å². The number of nitrogens with zero attached hydrogens (tertiary/aromatic N) is 2. The first kappa shape index (κ1) is 16.3. The second kappa shape index (κ2) is 5.81. The molecule has 23 heavy (non-hydrogen) atoms. The number of benzene rings is 2. The lowest BCUT2D eigenvalue weighted by Gasteiger charge is -2.43. The van der Waals surface area contributed by atoms with Crippen LogP contribution in [0.1, 0.15) is 22.3 Å². The summed E-state index contributed by atoms with van der Waals surface area (Å²) in [7, 11) is 5.43. The number of para-hydroxylation sites is 2. The van der Waals surface area contributed by atoms with Gasteiger partial charge in [0.2, 0.25) is 0 Å². The molecule has 0 aliphatic carbocycles. The number of rotatable bonds is 2. The average molecular weight is 347 g/mol. The van der Waals surface area contributed by atoms with Gasteiger partial charge in [0.15, 0.2) is 0 Å². The van der Waals surface area contributed by atoms with Gasteiger partial charge in [0.1, 0.15) is 0 Å². The average Bonchev–Trinajstić information content (AvgIpc) is 2.75. The summed E-state index contributed by atoms with van der Waals surface area (Å²) in [5, 5.41) is 0. The lowest BCUT2D eigenvalue weighted by atomic mass is 10.1. The predicted octanol–water partition coefficient (Wildman–Crippen LogP) is 6.14. The SMILES string of the molecule is Cc1cccc(C)c1N1C=CN(c2c(C)cccc2C)S1(C)Cl. The monoisotopic (exact) mass is 346 g/mol. The second-order valence-electron chi connectivity index (χ2n) is 6.17. The van der Waals surface area contributed by atoms with Crippen LogP contribution in [-0.4, -0.2) is 6.26 Å². The van der Waals surface area contributed by atoms with Crippen molar-refractivity contribution in [2.75, 3.05) is 14.9 Å². The standard InChI is InChI=1S/C19H23ClN2S/c1-14-8-6-9-15(2)18(14)21-12-13-22(23(21,5)20)19-16(3)10-7-11-17(19)4/h6-13H,1-5H3. The highest BCUT2D eigenvalue weighted by Crippen LogP contribution is 2.64. The molecule has 0 amide bonds. The first-order chi connectivity index (χ1) is 10.8. The van der Waals surface area contributed by atoms with Gasteiger partial charge < -0.3 is 0 Å². The van der Waals surface area contributed by atoms with Crippen molar-refractivity contribution < 1.29 is 0 Å². The highest BCUT2D eigenvalue weighted by Gasteiger charge is 2.36. The van der Waals surface area contributed by atoms with Gasteiger partial charge in [-0.15, -0.1) is 0 Å². The van der Waals surface area contributed by atoms with E-state index >= 15 is 0 Å². The lowest BCUT2D eigenvalue weighted by Crippen LogP contribution is -2.26. The molecular weight excluding hydrogens is 324 g/mol. The van der Waals surface area contributed by atoms with Crippen molar-refractivity contribution in [2.24, 2.45) is 0 Å². The van der Waals surface area contributed by atoms with Crippen molar-refractivity contribution in [3.8, 4) is 0 Å². The Morgan fingerprint density at radius 2 is 1.00 bits per heavy atom. The van der Waals surface area contributed by atoms with Crippen molar-refractivity contribution >= 4 is 31.7 Å². The van der Waals surface area contributed by atoms with Crippen LogP contribution in [0.25, 0.3) is 0 Å².